The quantitative estimate of drug-likeness (QED) is 0.380. The van der Waals surface area contributed by atoms with E-state index in [1.807, 2.05) is 4.90 Å². The third kappa shape index (κ3) is 5.06. The molecule has 0 saturated carbocycles. The average Bonchev–Trinajstić information content (AvgIpc) is 2.84. The van der Waals surface area contributed by atoms with Crippen LogP contribution >= 0.6 is 34.8 Å². The van der Waals surface area contributed by atoms with E-state index in [9.17, 15) is 13.2 Å². The van der Waals surface area contributed by atoms with Gasteiger partial charge in [0.2, 0.25) is 0 Å². The minimum absolute atomic E-state index is 0.0681. The summed E-state index contributed by atoms with van der Waals surface area (Å²) in [5, 5.41) is 0.289. The summed E-state index contributed by atoms with van der Waals surface area (Å²) in [6.07, 6.45) is 0.739. The molecule has 2 aromatic carbocycles. The van der Waals surface area contributed by atoms with E-state index in [1.165, 1.54) is 19.2 Å². The number of hydrogen-bond donors (Lipinski definition) is 0. The van der Waals surface area contributed by atoms with Crippen molar-refractivity contribution in [3.8, 4) is 11.5 Å². The van der Waals surface area contributed by atoms with Gasteiger partial charge in [0, 0.05) is 36.1 Å². The van der Waals surface area contributed by atoms with Crippen molar-refractivity contribution in [2.24, 2.45) is 0 Å². The number of carbonyl (C=O) groups excluding carboxylic acids is 1. The molecule has 0 aliphatic carbocycles. The van der Waals surface area contributed by atoms with Crippen molar-refractivity contribution >= 4 is 56.3 Å². The first kappa shape index (κ1) is 24.0. The Morgan fingerprint density at radius 1 is 1.13 bits per heavy atom. The molecule has 0 N–H and O–H groups in total. The molecule has 10 heteroatoms. The molecule has 1 heterocycles. The Kier molecular flexibility index (Phi) is 7.63. The molecule has 0 aromatic heterocycles. The van der Waals surface area contributed by atoms with Crippen LogP contribution in [0.1, 0.15) is 27.9 Å². The SMILES string of the molecule is COC(=O)c1cc(C)c2c(c1)S(=O)(=O)Cc1cc(N(CCCl)CCCCl)cc(Cl)c1O2. The first-order valence-corrected chi connectivity index (χ1v) is 12.6. The lowest BCUT2D eigenvalue weighted by Gasteiger charge is -2.25. The van der Waals surface area contributed by atoms with Crippen LogP contribution < -0.4 is 9.64 Å². The van der Waals surface area contributed by atoms with Crippen LogP contribution in [0, 0.1) is 6.92 Å². The Labute approximate surface area is 196 Å². The number of methoxy groups -OCH3 is 1. The Hall–Kier alpha value is -1.67. The fourth-order valence-corrected chi connectivity index (χ4v) is 5.65. The largest absolute Gasteiger partial charge is 0.465 e. The van der Waals surface area contributed by atoms with Crippen LogP contribution in [-0.2, 0) is 20.3 Å². The van der Waals surface area contributed by atoms with Crippen LogP contribution in [-0.4, -0.2) is 46.3 Å². The fourth-order valence-electron chi connectivity index (χ4n) is 3.48. The zero-order chi connectivity index (χ0) is 22.8. The van der Waals surface area contributed by atoms with Crippen molar-refractivity contribution in [2.75, 3.05) is 36.9 Å². The lowest BCUT2D eigenvalue weighted by molar-refractivity contribution is 0.0600. The van der Waals surface area contributed by atoms with E-state index in [4.69, 9.17) is 44.3 Å². The van der Waals surface area contributed by atoms with E-state index in [0.717, 1.165) is 12.1 Å². The van der Waals surface area contributed by atoms with Gasteiger partial charge in [-0.05, 0) is 43.2 Å². The minimum atomic E-state index is -3.82. The maximum absolute atomic E-state index is 13.2. The Bertz CT molecular complexity index is 1100. The third-order valence-electron chi connectivity index (χ3n) is 4.93. The van der Waals surface area contributed by atoms with Crippen LogP contribution in [0.25, 0.3) is 0 Å². The zero-order valence-electron chi connectivity index (χ0n) is 17.1. The number of hydrogen-bond acceptors (Lipinski definition) is 6. The van der Waals surface area contributed by atoms with Crippen molar-refractivity contribution in [1.82, 2.24) is 0 Å². The smallest absolute Gasteiger partial charge is 0.337 e. The van der Waals surface area contributed by atoms with Crippen molar-refractivity contribution in [2.45, 2.75) is 24.0 Å². The number of anilines is 1. The number of carbonyl (C=O) groups is 1. The number of sulfone groups is 1. The molecule has 0 bridgehead atoms. The van der Waals surface area contributed by atoms with Gasteiger partial charge in [-0.25, -0.2) is 13.2 Å². The highest BCUT2D eigenvalue weighted by Crippen LogP contribution is 2.45. The highest BCUT2D eigenvalue weighted by molar-refractivity contribution is 7.90. The highest BCUT2D eigenvalue weighted by Gasteiger charge is 2.31. The number of esters is 1. The lowest BCUT2D eigenvalue weighted by atomic mass is 10.1. The van der Waals surface area contributed by atoms with Gasteiger partial charge in [0.25, 0.3) is 0 Å². The molecular weight excluding hydrogens is 485 g/mol. The molecule has 0 fully saturated rings. The molecule has 0 saturated heterocycles. The van der Waals surface area contributed by atoms with E-state index in [0.29, 0.717) is 36.0 Å². The standard InChI is InChI=1S/C21H22Cl3NO5S/c1-13-8-14(21(26)29-2)10-18-19(13)30-20-15(12-31(18,27)28)9-16(11-17(20)24)25(7-5-23)6-3-4-22/h8-11H,3-7,12H2,1-2H3. The van der Waals surface area contributed by atoms with Gasteiger partial charge in [0.15, 0.2) is 9.84 Å². The predicted molar refractivity (Wildman–Crippen MR) is 123 cm³/mol. The normalized spacial score (nSPS) is 14.1. The molecule has 6 nitrogen and oxygen atoms in total. The molecule has 0 unspecified atom stereocenters. The summed E-state index contributed by atoms with van der Waals surface area (Å²) >= 11 is 18.3. The zero-order valence-corrected chi connectivity index (χ0v) is 20.2. The number of benzene rings is 2. The van der Waals surface area contributed by atoms with Gasteiger partial charge in [0.1, 0.15) is 16.4 Å². The van der Waals surface area contributed by atoms with Crippen molar-refractivity contribution < 1.29 is 22.7 Å². The molecule has 1 aliphatic heterocycles. The number of aryl methyl sites for hydroxylation is 1. The third-order valence-corrected chi connectivity index (χ3v) is 7.31. The second-order valence-corrected chi connectivity index (χ2v) is 10.2. The van der Waals surface area contributed by atoms with E-state index in [-0.39, 0.29) is 32.7 Å². The molecule has 3 rings (SSSR count). The van der Waals surface area contributed by atoms with Crippen molar-refractivity contribution in [1.29, 1.82) is 0 Å². The first-order valence-electron chi connectivity index (χ1n) is 9.54. The van der Waals surface area contributed by atoms with Crippen LogP contribution in [0.5, 0.6) is 11.5 Å². The number of nitrogens with zero attached hydrogens (tertiary/aromatic N) is 1. The number of fused-ring (bicyclic) bond motifs is 2. The topological polar surface area (TPSA) is 72.9 Å². The van der Waals surface area contributed by atoms with Gasteiger partial charge < -0.3 is 14.4 Å². The average molecular weight is 507 g/mol. The van der Waals surface area contributed by atoms with Gasteiger partial charge >= 0.3 is 5.97 Å². The fraction of sp³-hybridized carbons (Fsp3) is 0.381. The van der Waals surface area contributed by atoms with Gasteiger partial charge in [-0.3, -0.25) is 0 Å². The second-order valence-electron chi connectivity index (χ2n) is 7.11. The van der Waals surface area contributed by atoms with E-state index in [2.05, 4.69) is 0 Å². The van der Waals surface area contributed by atoms with Gasteiger partial charge in [0.05, 0.1) is 23.4 Å². The maximum atomic E-state index is 13.2. The summed E-state index contributed by atoms with van der Waals surface area (Å²) in [5.41, 5.74) is 1.80. The van der Waals surface area contributed by atoms with Crippen LogP contribution in [0.3, 0.4) is 0 Å². The van der Waals surface area contributed by atoms with Gasteiger partial charge in [-0.15, -0.1) is 23.2 Å². The summed E-state index contributed by atoms with van der Waals surface area (Å²) in [4.78, 5) is 13.9. The Morgan fingerprint density at radius 3 is 2.52 bits per heavy atom. The molecular formula is C21H22Cl3NO5S. The first-order chi connectivity index (χ1) is 14.7. The van der Waals surface area contributed by atoms with Crippen LogP contribution in [0.15, 0.2) is 29.2 Å². The summed E-state index contributed by atoms with van der Waals surface area (Å²) in [6, 6.07) is 6.30. The predicted octanol–water partition coefficient (Wildman–Crippen LogP) is 5.19. The number of rotatable bonds is 7. The molecule has 2 aromatic rings. The van der Waals surface area contributed by atoms with Gasteiger partial charge in [-0.1, -0.05) is 11.6 Å². The Morgan fingerprint density at radius 2 is 1.87 bits per heavy atom. The lowest BCUT2D eigenvalue weighted by Crippen LogP contribution is -2.27. The molecule has 1 aliphatic rings. The number of halogens is 3. The monoisotopic (exact) mass is 505 g/mol. The maximum Gasteiger partial charge on any atom is 0.337 e. The van der Waals surface area contributed by atoms with E-state index < -0.39 is 15.8 Å². The summed E-state index contributed by atoms with van der Waals surface area (Å²) in [7, 11) is -2.59. The number of ether oxygens (including phenoxy) is 2. The summed E-state index contributed by atoms with van der Waals surface area (Å²) < 4.78 is 37.2. The van der Waals surface area contributed by atoms with E-state index >= 15 is 0 Å². The minimum Gasteiger partial charge on any atom is -0.465 e. The molecule has 0 radical (unpaired) electrons. The molecule has 0 spiro atoms. The van der Waals surface area contributed by atoms with Crippen LogP contribution in [0.4, 0.5) is 5.69 Å². The number of alkyl halides is 2. The molecule has 31 heavy (non-hydrogen) atoms. The second kappa shape index (κ2) is 9.86. The summed E-state index contributed by atoms with van der Waals surface area (Å²) in [5.74, 6) is 0.375. The van der Waals surface area contributed by atoms with Crippen molar-refractivity contribution in [3.05, 3.63) is 46.0 Å². The van der Waals surface area contributed by atoms with E-state index in [1.54, 1.807) is 19.1 Å². The molecule has 0 atom stereocenters. The molecule has 168 valence electrons. The molecule has 0 amide bonds. The van der Waals surface area contributed by atoms with Crippen molar-refractivity contribution in [3.63, 3.8) is 0 Å². The van der Waals surface area contributed by atoms with Gasteiger partial charge in [-0.2, -0.15) is 0 Å². The summed E-state index contributed by atoms with van der Waals surface area (Å²) in [6.45, 7) is 2.88. The van der Waals surface area contributed by atoms with Crippen LogP contribution in [0.2, 0.25) is 5.02 Å². The highest BCUT2D eigenvalue weighted by atomic mass is 35.5. The Balaban J connectivity index is 2.12.